The molecule has 1 fully saturated rings. The molecular weight excluding hydrogens is 393 g/mol. The van der Waals surface area contributed by atoms with E-state index < -0.39 is 22.6 Å². The monoisotopic (exact) mass is 407 g/mol. The molecule has 1 heterocycles. The first-order valence-corrected chi connectivity index (χ1v) is 8.56. The van der Waals surface area contributed by atoms with Crippen molar-refractivity contribution in [3.63, 3.8) is 0 Å². The van der Waals surface area contributed by atoms with E-state index in [1.54, 1.807) is 0 Å². The van der Waals surface area contributed by atoms with Crippen molar-refractivity contribution < 1.29 is 23.6 Å². The first-order valence-electron chi connectivity index (χ1n) is 8.19. The molecule has 1 aliphatic heterocycles. The topological polar surface area (TPSA) is 102 Å². The van der Waals surface area contributed by atoms with Crippen molar-refractivity contribution in [2.75, 3.05) is 23.9 Å². The molecule has 28 heavy (non-hydrogen) atoms. The fourth-order valence-corrected chi connectivity index (χ4v) is 3.09. The molecule has 0 aliphatic carbocycles. The molecule has 1 N–H and O–H groups in total. The van der Waals surface area contributed by atoms with Crippen molar-refractivity contribution >= 4 is 40.5 Å². The Kier molecular flexibility index (Phi) is 5.46. The standard InChI is InChI=1S/C18H15ClFN3O5/c1-28-12-3-5-15(16(8-12)23(26)27)21-18(25)10-6-17(24)22(9-10)11-2-4-14(20)13(19)7-11/h2-5,7-8,10H,6,9H2,1H3,(H,21,25). The number of benzene rings is 2. The predicted octanol–water partition coefficient (Wildman–Crippen LogP) is 3.39. The van der Waals surface area contributed by atoms with Crippen molar-refractivity contribution in [1.29, 1.82) is 0 Å². The average molecular weight is 408 g/mol. The average Bonchev–Trinajstić information content (AvgIpc) is 3.06. The molecule has 1 atom stereocenters. The first-order chi connectivity index (χ1) is 13.3. The molecule has 146 valence electrons. The minimum absolute atomic E-state index is 0.00604. The molecule has 1 unspecified atom stereocenters. The third-order valence-corrected chi connectivity index (χ3v) is 4.66. The van der Waals surface area contributed by atoms with Gasteiger partial charge in [-0.25, -0.2) is 4.39 Å². The molecular formula is C18H15ClFN3O5. The van der Waals surface area contributed by atoms with E-state index in [1.165, 1.54) is 42.3 Å². The van der Waals surface area contributed by atoms with Gasteiger partial charge in [0, 0.05) is 18.7 Å². The second-order valence-electron chi connectivity index (χ2n) is 6.13. The van der Waals surface area contributed by atoms with Gasteiger partial charge in [0.1, 0.15) is 17.3 Å². The molecule has 2 aromatic carbocycles. The van der Waals surface area contributed by atoms with Gasteiger partial charge in [0.05, 0.1) is 29.0 Å². The number of nitro groups is 1. The summed E-state index contributed by atoms with van der Waals surface area (Å²) in [5.74, 6) is -1.92. The number of amides is 2. The minimum atomic E-state index is -0.724. The van der Waals surface area contributed by atoms with Crippen molar-refractivity contribution in [2.24, 2.45) is 5.92 Å². The van der Waals surface area contributed by atoms with E-state index >= 15 is 0 Å². The van der Waals surface area contributed by atoms with Crippen LogP contribution in [0, 0.1) is 21.8 Å². The van der Waals surface area contributed by atoms with Crippen LogP contribution in [0.15, 0.2) is 36.4 Å². The van der Waals surface area contributed by atoms with Crippen LogP contribution < -0.4 is 15.0 Å². The van der Waals surface area contributed by atoms with Crippen molar-refractivity contribution in [1.82, 2.24) is 0 Å². The van der Waals surface area contributed by atoms with Gasteiger partial charge in [0.2, 0.25) is 11.8 Å². The second kappa shape index (κ2) is 7.81. The Morgan fingerprint density at radius 2 is 2.11 bits per heavy atom. The molecule has 0 aromatic heterocycles. The van der Waals surface area contributed by atoms with Gasteiger partial charge in [-0.15, -0.1) is 0 Å². The van der Waals surface area contributed by atoms with Crippen molar-refractivity contribution in [3.8, 4) is 5.75 Å². The van der Waals surface area contributed by atoms with Crippen LogP contribution in [0.25, 0.3) is 0 Å². The van der Waals surface area contributed by atoms with Crippen molar-refractivity contribution in [3.05, 3.63) is 57.4 Å². The highest BCUT2D eigenvalue weighted by molar-refractivity contribution is 6.31. The van der Waals surface area contributed by atoms with Gasteiger partial charge in [0.25, 0.3) is 5.69 Å². The second-order valence-corrected chi connectivity index (χ2v) is 6.54. The number of halogens is 2. The van der Waals surface area contributed by atoms with Gasteiger partial charge >= 0.3 is 0 Å². The van der Waals surface area contributed by atoms with Crippen LogP contribution in [0.5, 0.6) is 5.75 Å². The molecule has 1 aliphatic rings. The maximum atomic E-state index is 13.3. The van der Waals surface area contributed by atoms with Gasteiger partial charge in [-0.05, 0) is 30.3 Å². The Morgan fingerprint density at radius 3 is 2.75 bits per heavy atom. The minimum Gasteiger partial charge on any atom is -0.496 e. The maximum Gasteiger partial charge on any atom is 0.296 e. The van der Waals surface area contributed by atoms with Crippen LogP contribution in [0.2, 0.25) is 5.02 Å². The summed E-state index contributed by atoms with van der Waals surface area (Å²) in [6.45, 7) is 0.0522. The zero-order valence-corrected chi connectivity index (χ0v) is 15.4. The molecule has 2 amide bonds. The Labute approximate surface area is 164 Å². The smallest absolute Gasteiger partial charge is 0.296 e. The quantitative estimate of drug-likeness (QED) is 0.604. The largest absolute Gasteiger partial charge is 0.496 e. The summed E-state index contributed by atoms with van der Waals surface area (Å²) >= 11 is 5.75. The molecule has 0 radical (unpaired) electrons. The lowest BCUT2D eigenvalue weighted by molar-refractivity contribution is -0.384. The number of carbonyl (C=O) groups excluding carboxylic acids is 2. The molecule has 0 spiro atoms. The van der Waals surface area contributed by atoms with Gasteiger partial charge in [0.15, 0.2) is 0 Å². The van der Waals surface area contributed by atoms with Crippen LogP contribution in [-0.4, -0.2) is 30.4 Å². The van der Waals surface area contributed by atoms with E-state index in [0.29, 0.717) is 5.69 Å². The lowest BCUT2D eigenvalue weighted by Gasteiger charge is -2.17. The van der Waals surface area contributed by atoms with E-state index in [-0.39, 0.29) is 41.0 Å². The fourth-order valence-electron chi connectivity index (χ4n) is 2.92. The molecule has 3 rings (SSSR count). The first kappa shape index (κ1) is 19.6. The highest BCUT2D eigenvalue weighted by atomic mass is 35.5. The summed E-state index contributed by atoms with van der Waals surface area (Å²) in [6, 6.07) is 7.89. The number of ether oxygens (including phenoxy) is 1. The third-order valence-electron chi connectivity index (χ3n) is 4.37. The van der Waals surface area contributed by atoms with Gasteiger partial charge in [-0.2, -0.15) is 0 Å². The van der Waals surface area contributed by atoms with Crippen molar-refractivity contribution in [2.45, 2.75) is 6.42 Å². The number of nitrogens with one attached hydrogen (secondary N) is 1. The highest BCUT2D eigenvalue weighted by Crippen LogP contribution is 2.32. The van der Waals surface area contributed by atoms with Crippen LogP contribution in [-0.2, 0) is 9.59 Å². The summed E-state index contributed by atoms with van der Waals surface area (Å²) in [7, 11) is 1.37. The molecule has 1 saturated heterocycles. The van der Waals surface area contributed by atoms with E-state index in [2.05, 4.69) is 5.32 Å². The van der Waals surface area contributed by atoms with Crippen LogP contribution in [0.4, 0.5) is 21.5 Å². The Morgan fingerprint density at radius 1 is 1.36 bits per heavy atom. The lowest BCUT2D eigenvalue weighted by Crippen LogP contribution is -2.28. The van der Waals surface area contributed by atoms with Crippen LogP contribution in [0.1, 0.15) is 6.42 Å². The number of methoxy groups -OCH3 is 1. The third kappa shape index (κ3) is 3.89. The zero-order valence-electron chi connectivity index (χ0n) is 14.6. The van der Waals surface area contributed by atoms with E-state index in [4.69, 9.17) is 16.3 Å². The highest BCUT2D eigenvalue weighted by Gasteiger charge is 2.36. The molecule has 0 saturated carbocycles. The number of hydrogen-bond donors (Lipinski definition) is 1. The number of anilines is 2. The SMILES string of the molecule is COc1ccc(NC(=O)C2CC(=O)N(c3ccc(F)c(Cl)c3)C2)c([N+](=O)[O-])c1. The summed E-state index contributed by atoms with van der Waals surface area (Å²) in [5, 5.41) is 13.6. The Hall–Kier alpha value is -3.20. The molecule has 10 heteroatoms. The Bertz CT molecular complexity index is 968. The molecule has 8 nitrogen and oxygen atoms in total. The van der Waals surface area contributed by atoms with Crippen LogP contribution in [0.3, 0.4) is 0 Å². The number of nitrogens with zero attached hydrogens (tertiary/aromatic N) is 2. The number of nitro benzene ring substituents is 1. The van der Waals surface area contributed by atoms with E-state index in [9.17, 15) is 24.1 Å². The summed E-state index contributed by atoms with van der Waals surface area (Å²) < 4.78 is 18.3. The summed E-state index contributed by atoms with van der Waals surface area (Å²) in [5.41, 5.74) is 0.0628. The van der Waals surface area contributed by atoms with E-state index in [0.717, 1.165) is 6.07 Å². The summed E-state index contributed by atoms with van der Waals surface area (Å²) in [6.07, 6.45) is -0.0786. The van der Waals surface area contributed by atoms with Gasteiger partial charge < -0.3 is 15.0 Å². The maximum absolute atomic E-state index is 13.3. The zero-order chi connectivity index (χ0) is 20.4. The molecule has 2 aromatic rings. The normalized spacial score (nSPS) is 16.2. The summed E-state index contributed by atoms with van der Waals surface area (Å²) in [4.78, 5) is 36.8. The number of hydrogen-bond acceptors (Lipinski definition) is 5. The number of carbonyl (C=O) groups is 2. The van der Waals surface area contributed by atoms with Crippen LogP contribution >= 0.6 is 11.6 Å². The molecule has 0 bridgehead atoms. The number of rotatable bonds is 5. The fraction of sp³-hybridized carbons (Fsp3) is 0.222. The lowest BCUT2D eigenvalue weighted by atomic mass is 10.1. The van der Waals surface area contributed by atoms with E-state index in [1.807, 2.05) is 0 Å². The predicted molar refractivity (Wildman–Crippen MR) is 100 cm³/mol. The Balaban J connectivity index is 1.76. The van der Waals surface area contributed by atoms with Gasteiger partial charge in [-0.3, -0.25) is 19.7 Å². The van der Waals surface area contributed by atoms with Gasteiger partial charge in [-0.1, -0.05) is 11.6 Å².